The summed E-state index contributed by atoms with van der Waals surface area (Å²) in [7, 11) is 0. The van der Waals surface area contributed by atoms with Gasteiger partial charge in [0.1, 0.15) is 25.3 Å². The van der Waals surface area contributed by atoms with E-state index in [1.807, 2.05) is 152 Å². The molecule has 2 atom stereocenters. The van der Waals surface area contributed by atoms with Crippen LogP contribution in [0.3, 0.4) is 0 Å². The van der Waals surface area contributed by atoms with Crippen LogP contribution in [-0.2, 0) is 51.5 Å². The van der Waals surface area contributed by atoms with Crippen LogP contribution in [0, 0.1) is 0 Å². The van der Waals surface area contributed by atoms with Crippen molar-refractivity contribution in [3.05, 3.63) is 203 Å². The van der Waals surface area contributed by atoms with Gasteiger partial charge in [-0.25, -0.2) is 9.59 Å². The normalized spacial score (nSPS) is 11.6. The smallest absolute Gasteiger partial charge is 0.408 e. The topological polar surface area (TPSA) is 164 Å². The van der Waals surface area contributed by atoms with Crippen molar-refractivity contribution >= 4 is 41.3 Å². The van der Waals surface area contributed by atoms with Crippen LogP contribution in [0.15, 0.2) is 170 Å². The highest BCUT2D eigenvalue weighted by molar-refractivity contribution is 6.03. The van der Waals surface area contributed by atoms with Gasteiger partial charge in [0.2, 0.25) is 11.8 Å². The van der Waals surface area contributed by atoms with E-state index >= 15 is 0 Å². The van der Waals surface area contributed by atoms with Crippen molar-refractivity contribution < 1.29 is 33.4 Å². The second-order valence-electron chi connectivity index (χ2n) is 15.2. The van der Waals surface area contributed by atoms with E-state index in [0.29, 0.717) is 25.8 Å². The third-order valence-corrected chi connectivity index (χ3v) is 10.3. The number of ether oxygens (including phenoxy) is 2. The van der Waals surface area contributed by atoms with Gasteiger partial charge in [-0.05, 0) is 84.5 Å². The van der Waals surface area contributed by atoms with Gasteiger partial charge < -0.3 is 36.1 Å². The lowest BCUT2D eigenvalue weighted by Gasteiger charge is -2.21. The van der Waals surface area contributed by atoms with E-state index in [1.165, 1.54) is 18.2 Å². The summed E-state index contributed by atoms with van der Waals surface area (Å²) in [6, 6.07) is 49.9. The number of alkyl carbamates (subject to hydrolysis) is 2. The van der Waals surface area contributed by atoms with E-state index in [-0.39, 0.29) is 43.0 Å². The van der Waals surface area contributed by atoms with Crippen LogP contribution in [0.4, 0.5) is 21.0 Å². The molecule has 0 spiro atoms. The molecule has 0 unspecified atom stereocenters. The lowest BCUT2D eigenvalue weighted by atomic mass is 10.0. The maximum absolute atomic E-state index is 14.1. The summed E-state index contributed by atoms with van der Waals surface area (Å²) in [6.45, 7) is 0.396. The van der Waals surface area contributed by atoms with Crippen molar-refractivity contribution in [2.45, 2.75) is 63.8 Å². The molecule has 0 radical (unpaired) electrons. The summed E-state index contributed by atoms with van der Waals surface area (Å²) in [5.74, 6) is -1.55. The Kier molecular flexibility index (Phi) is 17.6. The highest BCUT2D eigenvalue weighted by atomic mass is 16.6. The largest absolute Gasteiger partial charge is 0.445 e. The second-order valence-corrected chi connectivity index (χ2v) is 15.2. The Morgan fingerprint density at radius 3 is 1.19 bits per heavy atom. The first-order chi connectivity index (χ1) is 31.3. The molecule has 0 fully saturated rings. The molecule has 0 saturated carbocycles. The fourth-order valence-electron chi connectivity index (χ4n) is 6.87. The molecule has 0 saturated heterocycles. The number of nitrogens with one attached hydrogen (secondary N) is 5. The number of carbonyl (C=O) groups is 5. The third kappa shape index (κ3) is 15.6. The molecule has 5 N–H and O–H groups in total. The minimum absolute atomic E-state index is 0.0111. The van der Waals surface area contributed by atoms with E-state index in [4.69, 9.17) is 9.47 Å². The number of amides is 5. The summed E-state index contributed by atoms with van der Waals surface area (Å²) in [5.41, 5.74) is 5.20. The third-order valence-electron chi connectivity index (χ3n) is 10.3. The van der Waals surface area contributed by atoms with Crippen molar-refractivity contribution in [1.82, 2.24) is 16.0 Å². The molecule has 0 aromatic heterocycles. The van der Waals surface area contributed by atoms with E-state index < -0.39 is 42.0 Å². The van der Waals surface area contributed by atoms with Crippen LogP contribution in [-0.4, -0.2) is 48.5 Å². The van der Waals surface area contributed by atoms with E-state index in [9.17, 15) is 24.0 Å². The van der Waals surface area contributed by atoms with Crippen LogP contribution in [0.5, 0.6) is 0 Å². The van der Waals surface area contributed by atoms with Crippen LogP contribution < -0.4 is 26.6 Å². The first kappa shape index (κ1) is 45.8. The fraction of sp³-hybridized carbons (Fsp3) is 0.212. The average Bonchev–Trinajstić information content (AvgIpc) is 3.33. The molecular weight excluding hydrogens is 807 g/mol. The molecule has 64 heavy (non-hydrogen) atoms. The first-order valence-electron chi connectivity index (χ1n) is 21.4. The molecule has 0 heterocycles. The van der Waals surface area contributed by atoms with Crippen LogP contribution >= 0.6 is 0 Å². The maximum Gasteiger partial charge on any atom is 0.408 e. The lowest BCUT2D eigenvalue weighted by Crippen LogP contribution is -2.44. The predicted octanol–water partition coefficient (Wildman–Crippen LogP) is 8.78. The quantitative estimate of drug-likeness (QED) is 0.0452. The molecule has 0 bridgehead atoms. The van der Waals surface area contributed by atoms with E-state index in [0.717, 1.165) is 34.2 Å². The van der Waals surface area contributed by atoms with Gasteiger partial charge in [-0.2, -0.15) is 0 Å². The van der Waals surface area contributed by atoms with Gasteiger partial charge in [-0.1, -0.05) is 152 Å². The Hall–Kier alpha value is -7.73. The maximum atomic E-state index is 14.1. The van der Waals surface area contributed by atoms with Crippen molar-refractivity contribution in [2.75, 3.05) is 17.2 Å². The molecule has 6 aromatic rings. The number of aryl methyl sites for hydroxylation is 3. The highest BCUT2D eigenvalue weighted by Gasteiger charge is 2.25. The second kappa shape index (κ2) is 24.6. The zero-order valence-electron chi connectivity index (χ0n) is 35.5. The Bertz CT molecular complexity index is 2270. The monoisotopic (exact) mass is 859 g/mol. The Labute approximate surface area is 373 Å². The van der Waals surface area contributed by atoms with Crippen molar-refractivity contribution in [3.8, 4) is 0 Å². The van der Waals surface area contributed by atoms with Crippen molar-refractivity contribution in [1.29, 1.82) is 0 Å². The summed E-state index contributed by atoms with van der Waals surface area (Å²) < 4.78 is 10.9. The summed E-state index contributed by atoms with van der Waals surface area (Å²) >= 11 is 0. The molecule has 0 aliphatic heterocycles. The first-order valence-corrected chi connectivity index (χ1v) is 21.4. The zero-order valence-corrected chi connectivity index (χ0v) is 35.5. The van der Waals surface area contributed by atoms with E-state index in [1.54, 1.807) is 0 Å². The molecule has 5 amide bonds. The van der Waals surface area contributed by atoms with Gasteiger partial charge in [0.05, 0.1) is 0 Å². The molecule has 12 heteroatoms. The van der Waals surface area contributed by atoms with Gasteiger partial charge in [0.25, 0.3) is 5.91 Å². The molecule has 6 aromatic carbocycles. The number of rotatable bonds is 21. The van der Waals surface area contributed by atoms with E-state index in [2.05, 4.69) is 26.6 Å². The number of hydrogen-bond donors (Lipinski definition) is 5. The average molecular weight is 860 g/mol. The van der Waals surface area contributed by atoms with Gasteiger partial charge in [-0.15, -0.1) is 0 Å². The zero-order chi connectivity index (χ0) is 44.8. The number of anilines is 2. The Morgan fingerprint density at radius 2 is 0.797 bits per heavy atom. The minimum Gasteiger partial charge on any atom is -0.445 e. The number of benzene rings is 6. The highest BCUT2D eigenvalue weighted by Crippen LogP contribution is 2.22. The summed E-state index contributed by atoms with van der Waals surface area (Å²) in [6.07, 6.45) is 1.29. The predicted molar refractivity (Wildman–Crippen MR) is 247 cm³/mol. The lowest BCUT2D eigenvalue weighted by molar-refractivity contribution is -0.118. The summed E-state index contributed by atoms with van der Waals surface area (Å²) in [5, 5.41) is 14.1. The molecular formula is C52H53N5O7. The number of carbonyl (C=O) groups excluding carboxylic acids is 5. The van der Waals surface area contributed by atoms with Crippen LogP contribution in [0.25, 0.3) is 0 Å². The van der Waals surface area contributed by atoms with Crippen molar-refractivity contribution in [2.24, 2.45) is 0 Å². The minimum atomic E-state index is -1.04. The van der Waals surface area contributed by atoms with Crippen LogP contribution in [0.2, 0.25) is 0 Å². The molecule has 12 nitrogen and oxygen atoms in total. The summed E-state index contributed by atoms with van der Waals surface area (Å²) in [4.78, 5) is 68.0. The number of hydrogen-bond acceptors (Lipinski definition) is 7. The van der Waals surface area contributed by atoms with Gasteiger partial charge in [0, 0.05) is 23.5 Å². The molecule has 0 aliphatic carbocycles. The van der Waals surface area contributed by atoms with Crippen molar-refractivity contribution in [3.63, 3.8) is 0 Å². The van der Waals surface area contributed by atoms with Gasteiger partial charge in [-0.3, -0.25) is 14.4 Å². The molecule has 0 aliphatic rings. The van der Waals surface area contributed by atoms with Gasteiger partial charge in [0.15, 0.2) is 0 Å². The van der Waals surface area contributed by atoms with Gasteiger partial charge >= 0.3 is 12.2 Å². The fourth-order valence-corrected chi connectivity index (χ4v) is 6.87. The SMILES string of the molecule is O=C(N[C@@H](CCc1ccccc1)C(=O)Nc1cc(NC(=O)[C@H](CCc2ccccc2)NC(=O)OCc2ccccc2)cc(C(=O)NCCCc2ccccc2)c1)OCc1ccccc1. The Balaban J connectivity index is 1.20. The standard InChI is InChI=1S/C52H53N5O7/c58-48(53-32-16-27-38-17-6-1-7-18-38)43-33-44(54-49(59)46(30-28-39-19-8-2-9-20-39)56-51(61)63-36-41-23-12-4-13-24-41)35-45(34-43)55-50(60)47(31-29-40-21-10-3-11-22-40)57-52(62)64-37-42-25-14-5-15-26-42/h1-15,17-26,33-35,46-47H,16,27-32,36-37H2,(H,53,58)(H,54,59)(H,55,60)(H,56,61)(H,57,62)/t46-,47-/m0/s1. The molecule has 6 rings (SSSR count). The molecule has 328 valence electrons. The van der Waals surface area contributed by atoms with Crippen LogP contribution in [0.1, 0.15) is 57.4 Å². The Morgan fingerprint density at radius 1 is 0.438 bits per heavy atom.